The molecule has 0 fully saturated rings. The summed E-state index contributed by atoms with van der Waals surface area (Å²) in [5.41, 5.74) is 1.22. The number of nitrogens with one attached hydrogen (secondary N) is 1. The van der Waals surface area contributed by atoms with Crippen LogP contribution < -0.4 is 5.32 Å². The minimum absolute atomic E-state index is 0.0713. The van der Waals surface area contributed by atoms with Gasteiger partial charge < -0.3 is 5.32 Å². The molecule has 3 nitrogen and oxygen atoms in total. The van der Waals surface area contributed by atoms with E-state index in [9.17, 15) is 0 Å². The second kappa shape index (κ2) is 6.74. The summed E-state index contributed by atoms with van der Waals surface area (Å²) in [7, 11) is 1.98. The number of hydrogen-bond donors (Lipinski definition) is 1. The largest absolute Gasteiger partial charge is 0.319 e. The fraction of sp³-hybridized carbons (Fsp3) is 0.667. The van der Waals surface area contributed by atoms with Gasteiger partial charge in [0.25, 0.3) is 0 Å². The Morgan fingerprint density at radius 1 is 1.50 bits per heavy atom. The Morgan fingerprint density at radius 2 is 2.17 bits per heavy atom. The van der Waals surface area contributed by atoms with Gasteiger partial charge in [-0.1, -0.05) is 26.8 Å². The predicted octanol–water partition coefficient (Wildman–Crippen LogP) is 3.20. The molecule has 1 rings (SSSR count). The molecule has 3 heteroatoms. The van der Waals surface area contributed by atoms with Crippen LogP contribution in [0, 0.1) is 5.41 Å². The highest BCUT2D eigenvalue weighted by atomic mass is 15.3. The van der Waals surface area contributed by atoms with Crippen LogP contribution in [0.1, 0.15) is 45.3 Å². The van der Waals surface area contributed by atoms with Gasteiger partial charge in [0.2, 0.25) is 0 Å². The number of aromatic nitrogens is 2. The van der Waals surface area contributed by atoms with Crippen LogP contribution in [0.2, 0.25) is 0 Å². The maximum absolute atomic E-state index is 4.71. The lowest BCUT2D eigenvalue weighted by Gasteiger charge is -2.24. The highest BCUT2D eigenvalue weighted by Gasteiger charge is 2.21. The van der Waals surface area contributed by atoms with Crippen molar-refractivity contribution in [2.45, 2.75) is 46.1 Å². The lowest BCUT2D eigenvalue weighted by Crippen LogP contribution is -2.30. The quantitative estimate of drug-likeness (QED) is 0.717. The van der Waals surface area contributed by atoms with Crippen LogP contribution in [0.3, 0.4) is 0 Å². The molecule has 18 heavy (non-hydrogen) atoms. The van der Waals surface area contributed by atoms with Gasteiger partial charge in [-0.15, -0.1) is 6.58 Å². The average Bonchev–Trinajstić information content (AvgIpc) is 2.79. The fourth-order valence-corrected chi connectivity index (χ4v) is 2.36. The molecule has 0 aromatic carbocycles. The zero-order chi connectivity index (χ0) is 13.6. The van der Waals surface area contributed by atoms with Gasteiger partial charge >= 0.3 is 0 Å². The summed E-state index contributed by atoms with van der Waals surface area (Å²) in [5, 5.41) is 7.93. The molecule has 0 aliphatic carbocycles. The molecule has 0 saturated heterocycles. The lowest BCUT2D eigenvalue weighted by molar-refractivity contribution is 0.388. The third-order valence-electron chi connectivity index (χ3n) is 3.64. The summed E-state index contributed by atoms with van der Waals surface area (Å²) in [6.07, 6.45) is 7.33. The molecule has 1 unspecified atom stereocenters. The van der Waals surface area contributed by atoms with E-state index in [1.807, 2.05) is 13.1 Å². The van der Waals surface area contributed by atoms with Crippen LogP contribution in [0.15, 0.2) is 24.9 Å². The first-order valence-corrected chi connectivity index (χ1v) is 6.90. The van der Waals surface area contributed by atoms with Crippen LogP contribution >= 0.6 is 0 Å². The summed E-state index contributed by atoms with van der Waals surface area (Å²) in [6.45, 7) is 11.5. The summed E-state index contributed by atoms with van der Waals surface area (Å²) < 4.78 is 2.11. The Labute approximate surface area is 111 Å². The summed E-state index contributed by atoms with van der Waals surface area (Å²) >= 11 is 0. The van der Waals surface area contributed by atoms with E-state index in [4.69, 9.17) is 5.10 Å². The predicted molar refractivity (Wildman–Crippen MR) is 77.8 cm³/mol. The Balaban J connectivity index is 2.76. The smallest absolute Gasteiger partial charge is 0.0633 e. The van der Waals surface area contributed by atoms with Gasteiger partial charge in [0, 0.05) is 24.6 Å². The molecule has 1 aromatic heterocycles. The molecule has 0 amide bonds. The average molecular weight is 249 g/mol. The van der Waals surface area contributed by atoms with E-state index in [1.165, 1.54) is 0 Å². The molecule has 0 bridgehead atoms. The molecule has 0 aliphatic heterocycles. The van der Waals surface area contributed by atoms with E-state index in [2.05, 4.69) is 49.6 Å². The molecular formula is C15H27N3. The normalized spacial score (nSPS) is 14.7. The van der Waals surface area contributed by atoms with E-state index in [1.54, 1.807) is 0 Å². The standard InChI is InChI=1S/C15H27N3/c1-6-14(7-2)18-10-9-13(17-18)11-15(4,8-3)12-16-5/h8-10,14,16H,3,6-7,11-12H2,1-2,4-5H3. The zero-order valence-electron chi connectivity index (χ0n) is 12.2. The minimum Gasteiger partial charge on any atom is -0.319 e. The molecule has 102 valence electrons. The van der Waals surface area contributed by atoms with Crippen molar-refractivity contribution in [3.63, 3.8) is 0 Å². The van der Waals surface area contributed by atoms with Crippen LogP contribution in [0.25, 0.3) is 0 Å². The van der Waals surface area contributed by atoms with Crippen molar-refractivity contribution in [2.24, 2.45) is 5.41 Å². The van der Waals surface area contributed by atoms with Crippen LogP contribution in [0.5, 0.6) is 0 Å². The van der Waals surface area contributed by atoms with Gasteiger partial charge in [0.05, 0.1) is 11.7 Å². The monoisotopic (exact) mass is 249 g/mol. The van der Waals surface area contributed by atoms with Gasteiger partial charge in [-0.2, -0.15) is 5.10 Å². The Bertz CT molecular complexity index is 366. The molecule has 1 atom stereocenters. The molecule has 0 saturated carbocycles. The van der Waals surface area contributed by atoms with Crippen molar-refractivity contribution in [1.82, 2.24) is 15.1 Å². The first-order valence-electron chi connectivity index (χ1n) is 6.90. The second-order valence-corrected chi connectivity index (χ2v) is 5.32. The van der Waals surface area contributed by atoms with Crippen molar-refractivity contribution in [1.29, 1.82) is 0 Å². The van der Waals surface area contributed by atoms with E-state index < -0.39 is 0 Å². The Kier molecular flexibility index (Phi) is 5.60. The summed E-state index contributed by atoms with van der Waals surface area (Å²) in [5.74, 6) is 0. The van der Waals surface area contributed by atoms with Crippen molar-refractivity contribution in [3.8, 4) is 0 Å². The van der Waals surface area contributed by atoms with Crippen molar-refractivity contribution >= 4 is 0 Å². The molecule has 1 aromatic rings. The van der Waals surface area contributed by atoms with Crippen LogP contribution in [0.4, 0.5) is 0 Å². The SMILES string of the molecule is C=CC(C)(CNC)Cc1ccn(C(CC)CC)n1. The topological polar surface area (TPSA) is 29.9 Å². The number of rotatable bonds is 8. The van der Waals surface area contributed by atoms with Crippen LogP contribution in [-0.4, -0.2) is 23.4 Å². The van der Waals surface area contributed by atoms with E-state index in [-0.39, 0.29) is 5.41 Å². The van der Waals surface area contributed by atoms with Crippen molar-refractivity contribution < 1.29 is 0 Å². The molecule has 0 aliphatic rings. The Hall–Kier alpha value is -1.09. The number of nitrogens with zero attached hydrogens (tertiary/aromatic N) is 2. The highest BCUT2D eigenvalue weighted by Crippen LogP contribution is 2.23. The van der Waals surface area contributed by atoms with E-state index in [0.29, 0.717) is 6.04 Å². The molecule has 1 heterocycles. The van der Waals surface area contributed by atoms with E-state index >= 15 is 0 Å². The lowest BCUT2D eigenvalue weighted by atomic mass is 9.85. The van der Waals surface area contributed by atoms with Crippen molar-refractivity contribution in [2.75, 3.05) is 13.6 Å². The van der Waals surface area contributed by atoms with Gasteiger partial charge in [0.1, 0.15) is 0 Å². The molecule has 0 spiro atoms. The highest BCUT2D eigenvalue weighted by molar-refractivity contribution is 5.08. The molecule has 0 radical (unpaired) electrons. The van der Waals surface area contributed by atoms with Gasteiger partial charge in [-0.25, -0.2) is 0 Å². The van der Waals surface area contributed by atoms with Gasteiger partial charge in [-0.3, -0.25) is 4.68 Å². The summed E-state index contributed by atoms with van der Waals surface area (Å²) in [4.78, 5) is 0. The number of hydrogen-bond acceptors (Lipinski definition) is 2. The summed E-state index contributed by atoms with van der Waals surface area (Å²) in [6, 6.07) is 2.66. The second-order valence-electron chi connectivity index (χ2n) is 5.32. The maximum atomic E-state index is 4.71. The third kappa shape index (κ3) is 3.70. The molecular weight excluding hydrogens is 222 g/mol. The maximum Gasteiger partial charge on any atom is 0.0633 e. The fourth-order valence-electron chi connectivity index (χ4n) is 2.36. The molecule has 1 N–H and O–H groups in total. The minimum atomic E-state index is 0.0713. The first-order chi connectivity index (χ1) is 8.58. The van der Waals surface area contributed by atoms with E-state index in [0.717, 1.165) is 31.5 Å². The van der Waals surface area contributed by atoms with Gasteiger partial charge in [-0.05, 0) is 26.0 Å². The van der Waals surface area contributed by atoms with Gasteiger partial charge in [0.15, 0.2) is 0 Å². The first kappa shape index (κ1) is 15.0. The Morgan fingerprint density at radius 3 is 2.67 bits per heavy atom. The zero-order valence-corrected chi connectivity index (χ0v) is 12.2. The third-order valence-corrected chi connectivity index (χ3v) is 3.64. The van der Waals surface area contributed by atoms with Crippen LogP contribution in [-0.2, 0) is 6.42 Å². The van der Waals surface area contributed by atoms with Crippen molar-refractivity contribution in [3.05, 3.63) is 30.6 Å².